The van der Waals surface area contributed by atoms with E-state index in [2.05, 4.69) is 5.32 Å². The molecule has 1 aromatic carbocycles. The Kier molecular flexibility index (Phi) is 5.79. The molecule has 1 unspecified atom stereocenters. The molecule has 6 heteroatoms. The first-order valence-electron chi connectivity index (χ1n) is 5.86. The standard InChI is InChI=1S/C13H17ClN2O3/c1-9(8-17)16(2)12(18)7-15-13(19)10-3-5-11(14)6-4-10/h3-6,9,17H,7-8H2,1-2H3,(H,15,19). The molecule has 0 spiro atoms. The summed E-state index contributed by atoms with van der Waals surface area (Å²) in [5, 5.41) is 12.0. The molecular weight excluding hydrogens is 268 g/mol. The van der Waals surface area contributed by atoms with Crippen LogP contribution in [0.2, 0.25) is 5.02 Å². The van der Waals surface area contributed by atoms with E-state index in [9.17, 15) is 9.59 Å². The van der Waals surface area contributed by atoms with Crippen molar-refractivity contribution in [3.63, 3.8) is 0 Å². The lowest BCUT2D eigenvalue weighted by Crippen LogP contribution is -2.43. The van der Waals surface area contributed by atoms with Crippen molar-refractivity contribution in [2.24, 2.45) is 0 Å². The number of nitrogens with one attached hydrogen (secondary N) is 1. The zero-order chi connectivity index (χ0) is 14.4. The summed E-state index contributed by atoms with van der Waals surface area (Å²) in [6.07, 6.45) is 0. The van der Waals surface area contributed by atoms with Crippen molar-refractivity contribution < 1.29 is 14.7 Å². The summed E-state index contributed by atoms with van der Waals surface area (Å²) in [5.41, 5.74) is 0.440. The molecule has 1 aromatic rings. The zero-order valence-corrected chi connectivity index (χ0v) is 11.6. The molecule has 2 amide bonds. The molecule has 1 rings (SSSR count). The normalized spacial score (nSPS) is 11.8. The highest BCUT2D eigenvalue weighted by atomic mass is 35.5. The van der Waals surface area contributed by atoms with Gasteiger partial charge < -0.3 is 15.3 Å². The first-order chi connectivity index (χ1) is 8.95. The Labute approximate surface area is 117 Å². The van der Waals surface area contributed by atoms with Crippen LogP contribution in [0.4, 0.5) is 0 Å². The minimum Gasteiger partial charge on any atom is -0.394 e. The van der Waals surface area contributed by atoms with Crippen LogP contribution >= 0.6 is 11.6 Å². The number of carbonyl (C=O) groups excluding carboxylic acids is 2. The molecule has 0 saturated carbocycles. The van der Waals surface area contributed by atoms with Crippen LogP contribution in [0.5, 0.6) is 0 Å². The van der Waals surface area contributed by atoms with E-state index in [4.69, 9.17) is 16.7 Å². The van der Waals surface area contributed by atoms with E-state index < -0.39 is 0 Å². The van der Waals surface area contributed by atoms with Crippen molar-refractivity contribution in [1.82, 2.24) is 10.2 Å². The average Bonchev–Trinajstić information content (AvgIpc) is 2.43. The number of likely N-dealkylation sites (N-methyl/N-ethyl adjacent to an activating group) is 1. The van der Waals surface area contributed by atoms with Crippen LogP contribution in [0.25, 0.3) is 0 Å². The third-order valence-corrected chi connectivity index (χ3v) is 3.08. The van der Waals surface area contributed by atoms with Gasteiger partial charge >= 0.3 is 0 Å². The molecule has 0 fully saturated rings. The molecule has 104 valence electrons. The third-order valence-electron chi connectivity index (χ3n) is 2.83. The molecule has 2 N–H and O–H groups in total. The van der Waals surface area contributed by atoms with Gasteiger partial charge in [-0.15, -0.1) is 0 Å². The summed E-state index contributed by atoms with van der Waals surface area (Å²) >= 11 is 5.72. The molecule has 0 aromatic heterocycles. The Morgan fingerprint density at radius 3 is 2.47 bits per heavy atom. The molecule has 0 bridgehead atoms. The van der Waals surface area contributed by atoms with Crippen LogP contribution in [0, 0.1) is 0 Å². The molecule has 19 heavy (non-hydrogen) atoms. The van der Waals surface area contributed by atoms with Crippen LogP contribution in [0.3, 0.4) is 0 Å². The zero-order valence-electron chi connectivity index (χ0n) is 10.9. The van der Waals surface area contributed by atoms with Gasteiger partial charge in [0.1, 0.15) is 0 Å². The van der Waals surface area contributed by atoms with Crippen LogP contribution in [-0.4, -0.2) is 48.1 Å². The van der Waals surface area contributed by atoms with Crippen LogP contribution in [0.15, 0.2) is 24.3 Å². The number of carbonyl (C=O) groups is 2. The van der Waals surface area contributed by atoms with Crippen molar-refractivity contribution in [1.29, 1.82) is 0 Å². The Morgan fingerprint density at radius 2 is 1.95 bits per heavy atom. The quantitative estimate of drug-likeness (QED) is 0.844. The number of rotatable bonds is 5. The fourth-order valence-electron chi connectivity index (χ4n) is 1.35. The summed E-state index contributed by atoms with van der Waals surface area (Å²) in [6, 6.07) is 6.11. The maximum absolute atomic E-state index is 11.7. The smallest absolute Gasteiger partial charge is 0.251 e. The molecule has 0 radical (unpaired) electrons. The number of hydrogen-bond acceptors (Lipinski definition) is 3. The SMILES string of the molecule is CC(CO)N(C)C(=O)CNC(=O)c1ccc(Cl)cc1. The van der Waals surface area contributed by atoms with Gasteiger partial charge in [0.2, 0.25) is 5.91 Å². The lowest BCUT2D eigenvalue weighted by Gasteiger charge is -2.23. The van der Waals surface area contributed by atoms with Crippen molar-refractivity contribution in [3.05, 3.63) is 34.9 Å². The lowest BCUT2D eigenvalue weighted by molar-refractivity contribution is -0.131. The van der Waals surface area contributed by atoms with Gasteiger partial charge in [0, 0.05) is 17.6 Å². The van der Waals surface area contributed by atoms with Gasteiger partial charge in [0.05, 0.1) is 19.2 Å². The molecular formula is C13H17ClN2O3. The van der Waals surface area contributed by atoms with Crippen molar-refractivity contribution in [2.75, 3.05) is 20.2 Å². The Bertz CT molecular complexity index is 448. The van der Waals surface area contributed by atoms with E-state index in [1.165, 1.54) is 4.90 Å². The second kappa shape index (κ2) is 7.11. The monoisotopic (exact) mass is 284 g/mol. The Balaban J connectivity index is 2.50. The van der Waals surface area contributed by atoms with Gasteiger partial charge in [0.15, 0.2) is 0 Å². The fraction of sp³-hybridized carbons (Fsp3) is 0.385. The highest BCUT2D eigenvalue weighted by molar-refractivity contribution is 6.30. The molecule has 5 nitrogen and oxygen atoms in total. The number of aliphatic hydroxyl groups excluding tert-OH is 1. The van der Waals surface area contributed by atoms with Crippen LogP contribution in [0.1, 0.15) is 17.3 Å². The molecule has 0 aliphatic rings. The third kappa shape index (κ3) is 4.54. The molecule has 0 saturated heterocycles. The number of benzene rings is 1. The minimum absolute atomic E-state index is 0.109. The number of hydrogen-bond donors (Lipinski definition) is 2. The number of amides is 2. The van der Waals surface area contributed by atoms with E-state index in [1.807, 2.05) is 0 Å². The van der Waals surface area contributed by atoms with E-state index >= 15 is 0 Å². The summed E-state index contributed by atoms with van der Waals surface area (Å²) in [4.78, 5) is 24.9. The van der Waals surface area contributed by atoms with E-state index in [1.54, 1.807) is 38.2 Å². The highest BCUT2D eigenvalue weighted by Crippen LogP contribution is 2.09. The van der Waals surface area contributed by atoms with Crippen LogP contribution in [-0.2, 0) is 4.79 Å². The average molecular weight is 285 g/mol. The van der Waals surface area contributed by atoms with E-state index in [0.717, 1.165) is 0 Å². The van der Waals surface area contributed by atoms with Crippen molar-refractivity contribution in [2.45, 2.75) is 13.0 Å². The van der Waals surface area contributed by atoms with Gasteiger partial charge in [0.25, 0.3) is 5.91 Å². The number of nitrogens with zero attached hydrogens (tertiary/aromatic N) is 1. The maximum atomic E-state index is 11.7. The number of halogens is 1. The van der Waals surface area contributed by atoms with E-state index in [-0.39, 0.29) is 31.0 Å². The van der Waals surface area contributed by atoms with Crippen molar-refractivity contribution >= 4 is 23.4 Å². The van der Waals surface area contributed by atoms with Gasteiger partial charge in [-0.25, -0.2) is 0 Å². The number of aliphatic hydroxyl groups is 1. The second-order valence-electron chi connectivity index (χ2n) is 4.23. The highest BCUT2D eigenvalue weighted by Gasteiger charge is 2.15. The summed E-state index contributed by atoms with van der Waals surface area (Å²) in [5.74, 6) is -0.598. The van der Waals surface area contributed by atoms with Crippen LogP contribution < -0.4 is 5.32 Å². The Morgan fingerprint density at radius 1 is 1.37 bits per heavy atom. The summed E-state index contributed by atoms with van der Waals surface area (Å²) in [6.45, 7) is 1.49. The van der Waals surface area contributed by atoms with Crippen molar-refractivity contribution in [3.8, 4) is 0 Å². The lowest BCUT2D eigenvalue weighted by atomic mass is 10.2. The molecule has 0 aliphatic carbocycles. The largest absolute Gasteiger partial charge is 0.394 e. The first-order valence-corrected chi connectivity index (χ1v) is 6.23. The molecule has 1 atom stereocenters. The first kappa shape index (κ1) is 15.5. The second-order valence-corrected chi connectivity index (χ2v) is 4.66. The summed E-state index contributed by atoms with van der Waals surface area (Å²) < 4.78 is 0. The summed E-state index contributed by atoms with van der Waals surface area (Å²) in [7, 11) is 1.58. The minimum atomic E-state index is -0.338. The predicted octanol–water partition coefficient (Wildman–Crippen LogP) is 0.909. The topological polar surface area (TPSA) is 69.6 Å². The van der Waals surface area contributed by atoms with Gasteiger partial charge in [-0.3, -0.25) is 9.59 Å². The Hall–Kier alpha value is -1.59. The van der Waals surface area contributed by atoms with Gasteiger partial charge in [-0.1, -0.05) is 11.6 Å². The fourth-order valence-corrected chi connectivity index (χ4v) is 1.48. The van der Waals surface area contributed by atoms with E-state index in [0.29, 0.717) is 10.6 Å². The van der Waals surface area contributed by atoms with Gasteiger partial charge in [-0.05, 0) is 31.2 Å². The molecule has 0 heterocycles. The molecule has 0 aliphatic heterocycles. The van der Waals surface area contributed by atoms with Gasteiger partial charge in [-0.2, -0.15) is 0 Å². The predicted molar refractivity (Wildman–Crippen MR) is 73.1 cm³/mol. The maximum Gasteiger partial charge on any atom is 0.251 e.